The van der Waals surface area contributed by atoms with Crippen molar-refractivity contribution in [3.63, 3.8) is 0 Å². The number of aromatic nitrogens is 2. The molecule has 5 rings (SSSR count). The quantitative estimate of drug-likeness (QED) is 0.845. The van der Waals surface area contributed by atoms with Crippen molar-refractivity contribution in [3.05, 3.63) is 24.5 Å². The average Bonchev–Trinajstić information content (AvgIpc) is 3.22. The molecule has 1 amide bonds. The summed E-state index contributed by atoms with van der Waals surface area (Å²) in [5, 5.41) is 3.79. The van der Waals surface area contributed by atoms with E-state index in [0.717, 1.165) is 24.2 Å². The number of nitrogens with one attached hydrogen (secondary N) is 1. The Hall–Kier alpha value is -1.78. The van der Waals surface area contributed by atoms with Crippen molar-refractivity contribution in [1.29, 1.82) is 0 Å². The van der Waals surface area contributed by atoms with E-state index < -0.39 is 0 Å². The first-order valence-corrected chi connectivity index (χ1v) is 11.0. The van der Waals surface area contributed by atoms with Gasteiger partial charge in [0.1, 0.15) is 0 Å². The molecule has 0 saturated heterocycles. The Morgan fingerprint density at radius 3 is 2.68 bits per heavy atom. The van der Waals surface area contributed by atoms with Crippen LogP contribution < -0.4 is 5.32 Å². The number of aryl methyl sites for hydroxylation is 1. The molecule has 5 heteroatoms. The highest BCUT2D eigenvalue weighted by Gasteiger charge is 2.60. The summed E-state index contributed by atoms with van der Waals surface area (Å²) in [6.07, 6.45) is 15.5. The van der Waals surface area contributed by atoms with E-state index in [1.54, 1.807) is 0 Å². The molecule has 0 spiro atoms. The lowest BCUT2D eigenvalue weighted by atomic mass is 9.48. The lowest BCUT2D eigenvalue weighted by Gasteiger charge is -2.60. The van der Waals surface area contributed by atoms with Gasteiger partial charge in [0.2, 0.25) is 11.9 Å². The summed E-state index contributed by atoms with van der Waals surface area (Å²) < 4.78 is 2.09. The Bertz CT molecular complexity index is 815. The van der Waals surface area contributed by atoms with Crippen molar-refractivity contribution in [2.45, 2.75) is 64.5 Å². The molecule has 0 unspecified atom stereocenters. The summed E-state index contributed by atoms with van der Waals surface area (Å²) >= 11 is 0. The van der Waals surface area contributed by atoms with E-state index in [-0.39, 0.29) is 11.3 Å². The molecule has 0 aromatic carbocycles. The fourth-order valence-electron chi connectivity index (χ4n) is 7.64. The van der Waals surface area contributed by atoms with Gasteiger partial charge in [-0.15, -0.1) is 0 Å². The van der Waals surface area contributed by atoms with Crippen LogP contribution in [0.25, 0.3) is 0 Å². The summed E-state index contributed by atoms with van der Waals surface area (Å²) in [6.45, 7) is 4.96. The third-order valence-electron chi connectivity index (χ3n) is 9.25. The van der Waals surface area contributed by atoms with Gasteiger partial charge in [-0.1, -0.05) is 19.9 Å². The molecule has 2 heterocycles. The van der Waals surface area contributed by atoms with Gasteiger partial charge in [0.05, 0.1) is 0 Å². The highest BCUT2D eigenvalue weighted by atomic mass is 16.2. The van der Waals surface area contributed by atoms with E-state index in [0.29, 0.717) is 23.4 Å². The summed E-state index contributed by atoms with van der Waals surface area (Å²) in [7, 11) is 4.07. The second-order valence-electron chi connectivity index (χ2n) is 10.3. The van der Waals surface area contributed by atoms with Gasteiger partial charge >= 0.3 is 0 Å². The minimum atomic E-state index is 0.137. The number of imidazole rings is 1. The highest BCUT2D eigenvalue weighted by molar-refractivity contribution is 5.89. The SMILES string of the molecule is CN1C(=O)C=C[C@]2(C)[C@H]3CC[C@]4(C)[C@@H](Nc5nccn5C)CC[C@H]4[C@@H]3CC[C@@H]12. The maximum atomic E-state index is 12.2. The van der Waals surface area contributed by atoms with E-state index in [1.807, 2.05) is 30.4 Å². The molecule has 1 N–H and O–H groups in total. The number of nitrogens with zero attached hydrogens (tertiary/aromatic N) is 3. The highest BCUT2D eigenvalue weighted by Crippen LogP contribution is 2.64. The van der Waals surface area contributed by atoms with Crippen LogP contribution in [-0.4, -0.2) is 39.5 Å². The molecule has 152 valence electrons. The Morgan fingerprint density at radius 2 is 1.93 bits per heavy atom. The second-order valence-corrected chi connectivity index (χ2v) is 10.3. The standard InChI is InChI=1S/C23H34N4O/c1-22-11-9-17-15(5-8-19-23(17,2)12-10-20(28)27(19)4)16(22)6-7-18(22)25-21-24-13-14-26(21)3/h10,12-19H,5-9,11H2,1-4H3,(H,24,25)/t15-,16-,17-,18-,19+,22-,23+/m0/s1. The molecule has 0 bridgehead atoms. The van der Waals surface area contributed by atoms with Crippen LogP contribution in [0.4, 0.5) is 5.95 Å². The maximum Gasteiger partial charge on any atom is 0.246 e. The number of fused-ring (bicyclic) bond motifs is 5. The Morgan fingerprint density at radius 1 is 1.11 bits per heavy atom. The largest absolute Gasteiger partial charge is 0.352 e. The summed E-state index contributed by atoms with van der Waals surface area (Å²) in [6, 6.07) is 0.884. The second kappa shape index (κ2) is 6.11. The fourth-order valence-corrected chi connectivity index (χ4v) is 7.64. The van der Waals surface area contributed by atoms with Gasteiger partial charge in [-0.25, -0.2) is 4.98 Å². The number of hydrogen-bond acceptors (Lipinski definition) is 3. The van der Waals surface area contributed by atoms with Crippen LogP contribution in [0.15, 0.2) is 24.5 Å². The number of amides is 1. The molecular formula is C23H34N4O. The first-order valence-electron chi connectivity index (χ1n) is 11.0. The predicted molar refractivity (Wildman–Crippen MR) is 111 cm³/mol. The number of carbonyl (C=O) groups is 1. The van der Waals surface area contributed by atoms with Gasteiger partial charge in [-0.05, 0) is 67.8 Å². The van der Waals surface area contributed by atoms with E-state index in [2.05, 4.69) is 41.8 Å². The van der Waals surface area contributed by atoms with Gasteiger partial charge in [-0.3, -0.25) is 4.79 Å². The Kier molecular flexibility index (Phi) is 3.98. The maximum absolute atomic E-state index is 12.2. The molecule has 5 nitrogen and oxygen atoms in total. The van der Waals surface area contributed by atoms with Crippen molar-refractivity contribution in [2.24, 2.45) is 35.6 Å². The lowest BCUT2D eigenvalue weighted by molar-refractivity contribution is -0.138. The van der Waals surface area contributed by atoms with Crippen LogP contribution in [-0.2, 0) is 11.8 Å². The molecule has 4 aliphatic rings. The van der Waals surface area contributed by atoms with E-state index in [4.69, 9.17) is 0 Å². The molecule has 3 saturated carbocycles. The van der Waals surface area contributed by atoms with Crippen molar-refractivity contribution in [1.82, 2.24) is 14.5 Å². The molecule has 1 aromatic heterocycles. The number of likely N-dealkylation sites (N-methyl/N-ethyl adjacent to an activating group) is 1. The molecule has 3 aliphatic carbocycles. The van der Waals surface area contributed by atoms with Crippen LogP contribution in [0, 0.1) is 28.6 Å². The van der Waals surface area contributed by atoms with Crippen LogP contribution in [0.5, 0.6) is 0 Å². The number of carbonyl (C=O) groups excluding carboxylic acids is 1. The van der Waals surface area contributed by atoms with Crippen molar-refractivity contribution in [2.75, 3.05) is 12.4 Å². The zero-order chi connectivity index (χ0) is 19.7. The Balaban J connectivity index is 1.42. The summed E-state index contributed by atoms with van der Waals surface area (Å²) in [4.78, 5) is 18.8. The topological polar surface area (TPSA) is 50.2 Å². The van der Waals surface area contributed by atoms with Gasteiger partial charge in [0.25, 0.3) is 0 Å². The third kappa shape index (κ3) is 2.37. The van der Waals surface area contributed by atoms with E-state index in [1.165, 1.54) is 32.1 Å². The van der Waals surface area contributed by atoms with Crippen LogP contribution >= 0.6 is 0 Å². The Labute approximate surface area is 168 Å². The average molecular weight is 383 g/mol. The van der Waals surface area contributed by atoms with Crippen molar-refractivity contribution >= 4 is 11.9 Å². The molecule has 3 fully saturated rings. The molecule has 1 aliphatic heterocycles. The third-order valence-corrected chi connectivity index (χ3v) is 9.25. The minimum Gasteiger partial charge on any atom is -0.352 e. The molecular weight excluding hydrogens is 348 g/mol. The summed E-state index contributed by atoms with van der Waals surface area (Å²) in [5.41, 5.74) is 0.481. The van der Waals surface area contributed by atoms with Crippen molar-refractivity contribution in [3.8, 4) is 0 Å². The number of anilines is 1. The zero-order valence-corrected chi connectivity index (χ0v) is 17.7. The number of hydrogen-bond donors (Lipinski definition) is 1. The predicted octanol–water partition coefficient (Wildman–Crippen LogP) is 3.84. The zero-order valence-electron chi connectivity index (χ0n) is 17.7. The molecule has 1 aromatic rings. The van der Waals surface area contributed by atoms with Gasteiger partial charge in [0, 0.05) is 44.0 Å². The van der Waals surface area contributed by atoms with Crippen LogP contribution in [0.1, 0.15) is 52.4 Å². The monoisotopic (exact) mass is 382 g/mol. The smallest absolute Gasteiger partial charge is 0.246 e. The lowest BCUT2D eigenvalue weighted by Crippen LogP contribution is -2.60. The van der Waals surface area contributed by atoms with Gasteiger partial charge < -0.3 is 14.8 Å². The van der Waals surface area contributed by atoms with Gasteiger partial charge in [0.15, 0.2) is 0 Å². The summed E-state index contributed by atoms with van der Waals surface area (Å²) in [5.74, 6) is 3.43. The number of rotatable bonds is 2. The fraction of sp³-hybridized carbons (Fsp3) is 0.739. The van der Waals surface area contributed by atoms with Crippen molar-refractivity contribution < 1.29 is 4.79 Å². The van der Waals surface area contributed by atoms with E-state index >= 15 is 0 Å². The van der Waals surface area contributed by atoms with Crippen LogP contribution in [0.2, 0.25) is 0 Å². The first kappa shape index (κ1) is 18.3. The molecule has 7 atom stereocenters. The van der Waals surface area contributed by atoms with Gasteiger partial charge in [-0.2, -0.15) is 0 Å². The van der Waals surface area contributed by atoms with Crippen LogP contribution in [0.3, 0.4) is 0 Å². The normalized spacial score (nSPS) is 44.8. The molecule has 0 radical (unpaired) electrons. The molecule has 28 heavy (non-hydrogen) atoms. The first-order chi connectivity index (χ1) is 13.3. The minimum absolute atomic E-state index is 0.137. The van der Waals surface area contributed by atoms with E-state index in [9.17, 15) is 4.79 Å².